The Bertz CT molecular complexity index is 919. The number of methoxy groups -OCH3 is 1. The summed E-state index contributed by atoms with van der Waals surface area (Å²) in [6.07, 6.45) is -3.30. The van der Waals surface area contributed by atoms with Crippen LogP contribution in [-0.4, -0.2) is 37.0 Å². The Kier molecular flexibility index (Phi) is 7.04. The number of rotatable bonds is 5. The van der Waals surface area contributed by atoms with Crippen LogP contribution in [0.4, 0.5) is 23.7 Å². The minimum atomic E-state index is -4.57. The summed E-state index contributed by atoms with van der Waals surface area (Å²) in [5.41, 5.74) is -0.240. The molecule has 0 spiro atoms. The van der Waals surface area contributed by atoms with Crippen LogP contribution < -0.4 is 15.4 Å². The van der Waals surface area contributed by atoms with Crippen LogP contribution in [-0.2, 0) is 17.5 Å². The molecule has 2 aromatic rings. The topological polar surface area (TPSA) is 70.7 Å². The molecule has 1 unspecified atom stereocenters. The van der Waals surface area contributed by atoms with Crippen molar-refractivity contribution in [1.29, 1.82) is 0 Å². The molecule has 1 atom stereocenters. The zero-order valence-electron chi connectivity index (χ0n) is 17.0. The fourth-order valence-electron chi connectivity index (χ4n) is 3.52. The maximum Gasteiger partial charge on any atom is 0.416 e. The van der Waals surface area contributed by atoms with Crippen LogP contribution in [0.15, 0.2) is 48.5 Å². The van der Waals surface area contributed by atoms with Crippen LogP contribution in [0, 0.1) is 5.92 Å². The summed E-state index contributed by atoms with van der Waals surface area (Å²) in [6, 6.07) is 12.1. The van der Waals surface area contributed by atoms with E-state index in [0.29, 0.717) is 25.1 Å². The zero-order chi connectivity index (χ0) is 22.4. The average Bonchev–Trinajstić information content (AvgIpc) is 2.77. The van der Waals surface area contributed by atoms with Gasteiger partial charge in [-0.2, -0.15) is 13.2 Å². The standard InChI is InChI=1S/C22H24F3N3O3/c1-31-18-10-9-15(19(12-18)22(23,24)25)13-26-21(30)28-11-5-6-16(14-28)20(29)27-17-7-3-2-4-8-17/h2-4,7-10,12,16H,5-6,11,13-14H2,1H3,(H,26,30)(H,27,29). The van der Waals surface area contributed by atoms with Crippen molar-refractivity contribution in [1.82, 2.24) is 10.2 Å². The molecular formula is C22H24F3N3O3. The maximum absolute atomic E-state index is 13.3. The van der Waals surface area contributed by atoms with E-state index in [9.17, 15) is 22.8 Å². The molecule has 0 radical (unpaired) electrons. The lowest BCUT2D eigenvalue weighted by atomic mass is 9.97. The van der Waals surface area contributed by atoms with Crippen LogP contribution in [0.1, 0.15) is 24.0 Å². The van der Waals surface area contributed by atoms with Crippen molar-refractivity contribution in [3.8, 4) is 5.75 Å². The number of urea groups is 1. The molecule has 31 heavy (non-hydrogen) atoms. The Morgan fingerprint density at radius 3 is 2.58 bits per heavy atom. The maximum atomic E-state index is 13.3. The molecule has 3 rings (SSSR count). The van der Waals surface area contributed by atoms with Crippen molar-refractivity contribution in [2.45, 2.75) is 25.6 Å². The smallest absolute Gasteiger partial charge is 0.416 e. The third-order valence-corrected chi connectivity index (χ3v) is 5.17. The Morgan fingerprint density at radius 1 is 1.16 bits per heavy atom. The van der Waals surface area contributed by atoms with Gasteiger partial charge in [0.05, 0.1) is 18.6 Å². The molecule has 2 N–H and O–H groups in total. The van der Waals surface area contributed by atoms with Crippen LogP contribution in [0.3, 0.4) is 0 Å². The Morgan fingerprint density at radius 2 is 1.90 bits per heavy atom. The van der Waals surface area contributed by atoms with Crippen LogP contribution in [0.2, 0.25) is 0 Å². The van der Waals surface area contributed by atoms with Crippen LogP contribution in [0.25, 0.3) is 0 Å². The number of para-hydroxylation sites is 1. The monoisotopic (exact) mass is 435 g/mol. The molecule has 1 heterocycles. The van der Waals surface area contributed by atoms with E-state index in [-0.39, 0.29) is 36.2 Å². The highest BCUT2D eigenvalue weighted by molar-refractivity contribution is 5.93. The lowest BCUT2D eigenvalue weighted by Crippen LogP contribution is -2.47. The lowest BCUT2D eigenvalue weighted by molar-refractivity contribution is -0.138. The zero-order valence-corrected chi connectivity index (χ0v) is 17.0. The fraction of sp³-hybridized carbons (Fsp3) is 0.364. The molecule has 0 saturated carbocycles. The van der Waals surface area contributed by atoms with Gasteiger partial charge in [-0.3, -0.25) is 4.79 Å². The van der Waals surface area contributed by atoms with Gasteiger partial charge < -0.3 is 20.3 Å². The van der Waals surface area contributed by atoms with Gasteiger partial charge in [-0.15, -0.1) is 0 Å². The number of halogens is 3. The van der Waals surface area contributed by atoms with E-state index in [1.54, 1.807) is 12.1 Å². The summed E-state index contributed by atoms with van der Waals surface area (Å²) in [4.78, 5) is 26.6. The minimum Gasteiger partial charge on any atom is -0.497 e. The number of nitrogens with zero attached hydrogens (tertiary/aromatic N) is 1. The summed E-state index contributed by atoms with van der Waals surface area (Å²) in [5.74, 6) is -0.477. The number of benzene rings is 2. The molecule has 9 heteroatoms. The molecular weight excluding hydrogens is 411 g/mol. The Labute approximate surface area is 178 Å². The third-order valence-electron chi connectivity index (χ3n) is 5.17. The van der Waals surface area contributed by atoms with Crippen molar-refractivity contribution >= 4 is 17.6 Å². The van der Waals surface area contributed by atoms with Crippen molar-refractivity contribution in [2.24, 2.45) is 5.92 Å². The summed E-state index contributed by atoms with van der Waals surface area (Å²) in [6.45, 7) is 0.365. The largest absolute Gasteiger partial charge is 0.497 e. The van der Waals surface area contributed by atoms with E-state index >= 15 is 0 Å². The quantitative estimate of drug-likeness (QED) is 0.737. The first-order chi connectivity index (χ1) is 14.8. The summed E-state index contributed by atoms with van der Waals surface area (Å²) >= 11 is 0. The van der Waals surface area contributed by atoms with Gasteiger partial charge in [0.15, 0.2) is 0 Å². The normalized spacial score (nSPS) is 16.5. The third kappa shape index (κ3) is 5.90. The molecule has 1 fully saturated rings. The highest BCUT2D eigenvalue weighted by Crippen LogP contribution is 2.34. The van der Waals surface area contributed by atoms with E-state index < -0.39 is 17.8 Å². The molecule has 1 aliphatic rings. The van der Waals surface area contributed by atoms with Gasteiger partial charge in [-0.25, -0.2) is 4.79 Å². The number of ether oxygens (including phenoxy) is 1. The average molecular weight is 435 g/mol. The molecule has 1 aliphatic heterocycles. The number of carbonyl (C=O) groups excluding carboxylic acids is 2. The number of alkyl halides is 3. The highest BCUT2D eigenvalue weighted by atomic mass is 19.4. The van der Waals surface area contributed by atoms with Gasteiger partial charge in [0.25, 0.3) is 0 Å². The molecule has 166 valence electrons. The molecule has 3 amide bonds. The van der Waals surface area contributed by atoms with E-state index in [1.165, 1.54) is 24.1 Å². The van der Waals surface area contributed by atoms with Crippen molar-refractivity contribution in [2.75, 3.05) is 25.5 Å². The van der Waals surface area contributed by atoms with E-state index in [1.807, 2.05) is 18.2 Å². The van der Waals surface area contributed by atoms with Crippen molar-refractivity contribution in [3.63, 3.8) is 0 Å². The van der Waals surface area contributed by atoms with Gasteiger partial charge in [0.1, 0.15) is 5.75 Å². The molecule has 0 aliphatic carbocycles. The highest BCUT2D eigenvalue weighted by Gasteiger charge is 2.34. The number of anilines is 1. The van der Waals surface area contributed by atoms with Crippen LogP contribution in [0.5, 0.6) is 5.75 Å². The number of piperidine rings is 1. The fourth-order valence-corrected chi connectivity index (χ4v) is 3.52. The van der Waals surface area contributed by atoms with E-state index in [0.717, 1.165) is 6.07 Å². The second-order valence-corrected chi connectivity index (χ2v) is 7.32. The predicted molar refractivity (Wildman–Crippen MR) is 110 cm³/mol. The Balaban J connectivity index is 1.60. The molecule has 1 saturated heterocycles. The minimum absolute atomic E-state index is 0.0583. The molecule has 6 nitrogen and oxygen atoms in total. The molecule has 0 bridgehead atoms. The number of nitrogens with one attached hydrogen (secondary N) is 2. The number of hydrogen-bond donors (Lipinski definition) is 2. The van der Waals surface area contributed by atoms with Crippen LogP contribution >= 0.6 is 0 Å². The SMILES string of the molecule is COc1ccc(CNC(=O)N2CCCC(C(=O)Nc3ccccc3)C2)c(C(F)(F)F)c1. The Hall–Kier alpha value is -3.23. The first-order valence-corrected chi connectivity index (χ1v) is 9.90. The van der Waals surface area contributed by atoms with Gasteiger partial charge in [0.2, 0.25) is 5.91 Å². The predicted octanol–water partition coefficient (Wildman–Crippen LogP) is 4.27. The first kappa shape index (κ1) is 22.5. The second-order valence-electron chi connectivity index (χ2n) is 7.32. The first-order valence-electron chi connectivity index (χ1n) is 9.90. The summed E-state index contributed by atoms with van der Waals surface area (Å²) < 4.78 is 44.9. The number of hydrogen-bond acceptors (Lipinski definition) is 3. The van der Waals surface area contributed by atoms with Gasteiger partial charge in [-0.05, 0) is 42.7 Å². The second kappa shape index (κ2) is 9.72. The van der Waals surface area contributed by atoms with Gasteiger partial charge >= 0.3 is 12.2 Å². The lowest BCUT2D eigenvalue weighted by Gasteiger charge is -2.32. The number of likely N-dealkylation sites (tertiary alicyclic amines) is 1. The summed E-state index contributed by atoms with van der Waals surface area (Å²) in [7, 11) is 1.29. The van der Waals surface area contributed by atoms with E-state index in [4.69, 9.17) is 4.74 Å². The van der Waals surface area contributed by atoms with Crippen molar-refractivity contribution < 1.29 is 27.5 Å². The molecule has 0 aromatic heterocycles. The number of carbonyl (C=O) groups is 2. The van der Waals surface area contributed by atoms with Crippen molar-refractivity contribution in [3.05, 3.63) is 59.7 Å². The number of amides is 3. The van der Waals surface area contributed by atoms with Gasteiger partial charge in [0, 0.05) is 25.3 Å². The van der Waals surface area contributed by atoms with E-state index in [2.05, 4.69) is 10.6 Å². The summed E-state index contributed by atoms with van der Waals surface area (Å²) in [5, 5.41) is 5.37. The van der Waals surface area contributed by atoms with Gasteiger partial charge in [-0.1, -0.05) is 24.3 Å². The molecule has 2 aromatic carbocycles.